The maximum absolute atomic E-state index is 11.6. The van der Waals surface area contributed by atoms with Crippen LogP contribution in [0.15, 0.2) is 48.5 Å². The molecule has 2 aromatic rings. The molecule has 0 heterocycles. The number of hydrogen-bond donors (Lipinski definition) is 1. The summed E-state index contributed by atoms with van der Waals surface area (Å²) in [6.45, 7) is 0.198. The first-order chi connectivity index (χ1) is 11.5. The van der Waals surface area contributed by atoms with E-state index in [9.17, 15) is 10.1 Å². The van der Waals surface area contributed by atoms with Crippen molar-refractivity contribution in [2.24, 2.45) is 0 Å². The van der Waals surface area contributed by atoms with Crippen LogP contribution >= 0.6 is 11.6 Å². The molecule has 124 valence electrons. The van der Waals surface area contributed by atoms with Crippen molar-refractivity contribution in [1.82, 2.24) is 4.90 Å². The van der Waals surface area contributed by atoms with Crippen LogP contribution in [-0.4, -0.2) is 31.6 Å². The molecule has 2 rings (SSSR count). The smallest absolute Gasteiger partial charge is 0.321 e. The molecule has 0 aliphatic carbocycles. The summed E-state index contributed by atoms with van der Waals surface area (Å²) >= 11 is 6.19. The fraction of sp³-hybridized carbons (Fsp3) is 0.222. The fourth-order valence-electron chi connectivity index (χ4n) is 2.00. The molecule has 0 aliphatic rings. The zero-order chi connectivity index (χ0) is 17.5. The van der Waals surface area contributed by atoms with Gasteiger partial charge in [-0.3, -0.25) is 0 Å². The van der Waals surface area contributed by atoms with E-state index in [2.05, 4.69) is 11.4 Å². The van der Waals surface area contributed by atoms with Crippen molar-refractivity contribution in [2.45, 2.75) is 5.92 Å². The molecule has 2 aromatic carbocycles. The number of halogens is 1. The van der Waals surface area contributed by atoms with Gasteiger partial charge in [-0.2, -0.15) is 5.26 Å². The summed E-state index contributed by atoms with van der Waals surface area (Å²) in [4.78, 5) is 13.0. The lowest BCUT2D eigenvalue weighted by atomic mass is 10.0. The predicted octanol–water partition coefficient (Wildman–Crippen LogP) is 4.12. The van der Waals surface area contributed by atoms with Crippen LogP contribution < -0.4 is 10.1 Å². The molecular formula is C18H18ClN3O2. The van der Waals surface area contributed by atoms with Crippen molar-refractivity contribution in [1.29, 1.82) is 5.26 Å². The largest absolute Gasteiger partial charge is 0.490 e. The Bertz CT molecular complexity index is 742. The van der Waals surface area contributed by atoms with E-state index in [4.69, 9.17) is 16.3 Å². The lowest BCUT2D eigenvalue weighted by Gasteiger charge is -2.15. The Morgan fingerprint density at radius 1 is 1.29 bits per heavy atom. The first-order valence-electron chi connectivity index (χ1n) is 7.36. The second kappa shape index (κ2) is 8.23. The number of ether oxygens (including phenoxy) is 1. The van der Waals surface area contributed by atoms with Crippen LogP contribution in [0.2, 0.25) is 5.02 Å². The summed E-state index contributed by atoms with van der Waals surface area (Å²) in [5, 5.41) is 12.4. The van der Waals surface area contributed by atoms with Gasteiger partial charge in [0.05, 0.1) is 11.1 Å². The highest BCUT2D eigenvalue weighted by Gasteiger charge is 2.13. The van der Waals surface area contributed by atoms with Gasteiger partial charge in [0.25, 0.3) is 0 Å². The second-order valence-corrected chi connectivity index (χ2v) is 5.78. The molecule has 6 heteroatoms. The quantitative estimate of drug-likeness (QED) is 0.888. The molecule has 0 fully saturated rings. The minimum absolute atomic E-state index is 0.198. The second-order valence-electron chi connectivity index (χ2n) is 5.37. The maximum Gasteiger partial charge on any atom is 0.321 e. The number of nitrogens with zero attached hydrogens (tertiary/aromatic N) is 2. The molecule has 0 saturated carbocycles. The molecule has 1 unspecified atom stereocenters. The first-order valence-corrected chi connectivity index (χ1v) is 7.74. The van der Waals surface area contributed by atoms with Crippen LogP contribution in [0.4, 0.5) is 10.5 Å². The molecule has 5 nitrogen and oxygen atoms in total. The summed E-state index contributed by atoms with van der Waals surface area (Å²) in [6, 6.07) is 16.4. The van der Waals surface area contributed by atoms with Crippen LogP contribution in [0.1, 0.15) is 11.5 Å². The Hall–Kier alpha value is -2.71. The summed E-state index contributed by atoms with van der Waals surface area (Å²) in [5.74, 6) is 0.0890. The number of nitriles is 1. The Morgan fingerprint density at radius 3 is 2.58 bits per heavy atom. The standard InChI is InChI=1S/C18H18ClN3O2/c1-22(2)18(23)21-15-8-9-17(16(19)10-15)24-12-14(11-20)13-6-4-3-5-7-13/h3-10,14H,12H2,1-2H3,(H,21,23). The monoisotopic (exact) mass is 343 g/mol. The van der Waals surface area contributed by atoms with Crippen molar-refractivity contribution < 1.29 is 9.53 Å². The Labute approximate surface area is 146 Å². The molecule has 0 saturated heterocycles. The third kappa shape index (κ3) is 4.64. The van der Waals surface area contributed by atoms with Crippen LogP contribution in [0.25, 0.3) is 0 Å². The molecule has 2 amide bonds. The number of carbonyl (C=O) groups excluding carboxylic acids is 1. The molecule has 0 bridgehead atoms. The van der Waals surface area contributed by atoms with Crippen molar-refractivity contribution in [3.05, 3.63) is 59.1 Å². The lowest BCUT2D eigenvalue weighted by Crippen LogP contribution is -2.27. The van der Waals surface area contributed by atoms with E-state index in [-0.39, 0.29) is 18.6 Å². The zero-order valence-electron chi connectivity index (χ0n) is 13.5. The van der Waals surface area contributed by atoms with Gasteiger partial charge in [-0.15, -0.1) is 0 Å². The number of amides is 2. The summed E-state index contributed by atoms with van der Waals surface area (Å²) in [7, 11) is 3.31. The minimum Gasteiger partial charge on any atom is -0.490 e. The zero-order valence-corrected chi connectivity index (χ0v) is 14.2. The van der Waals surface area contributed by atoms with Gasteiger partial charge in [-0.05, 0) is 23.8 Å². The molecule has 0 spiro atoms. The molecule has 24 heavy (non-hydrogen) atoms. The van der Waals surface area contributed by atoms with E-state index >= 15 is 0 Å². The van der Waals surface area contributed by atoms with E-state index in [0.717, 1.165) is 5.56 Å². The molecule has 0 aliphatic heterocycles. The van der Waals surface area contributed by atoms with Gasteiger partial charge in [0.2, 0.25) is 0 Å². The van der Waals surface area contributed by atoms with Crippen molar-refractivity contribution in [2.75, 3.05) is 26.0 Å². The van der Waals surface area contributed by atoms with Crippen molar-refractivity contribution >= 4 is 23.3 Å². The molecule has 1 atom stereocenters. The molecule has 1 N–H and O–H groups in total. The number of anilines is 1. The minimum atomic E-state index is -0.379. The maximum atomic E-state index is 11.6. The third-order valence-electron chi connectivity index (χ3n) is 3.35. The average molecular weight is 344 g/mol. The van der Waals surface area contributed by atoms with E-state index < -0.39 is 0 Å². The van der Waals surface area contributed by atoms with E-state index in [1.807, 2.05) is 30.3 Å². The van der Waals surface area contributed by atoms with Crippen LogP contribution in [0.3, 0.4) is 0 Å². The first kappa shape index (κ1) is 17.6. The van der Waals surface area contributed by atoms with E-state index in [1.165, 1.54) is 4.90 Å². The van der Waals surface area contributed by atoms with Gasteiger partial charge in [0.1, 0.15) is 18.3 Å². The summed E-state index contributed by atoms with van der Waals surface area (Å²) in [6.07, 6.45) is 0. The lowest BCUT2D eigenvalue weighted by molar-refractivity contribution is 0.230. The topological polar surface area (TPSA) is 65.4 Å². The van der Waals surface area contributed by atoms with E-state index in [0.29, 0.717) is 16.5 Å². The summed E-state index contributed by atoms with van der Waals surface area (Å²) in [5.41, 5.74) is 1.47. The fourth-order valence-corrected chi connectivity index (χ4v) is 2.23. The highest BCUT2D eigenvalue weighted by molar-refractivity contribution is 6.32. The van der Waals surface area contributed by atoms with Gasteiger partial charge >= 0.3 is 6.03 Å². The average Bonchev–Trinajstić information content (AvgIpc) is 2.58. The highest BCUT2D eigenvalue weighted by Crippen LogP contribution is 2.29. The van der Waals surface area contributed by atoms with Crippen molar-refractivity contribution in [3.8, 4) is 11.8 Å². The number of urea groups is 1. The van der Waals surface area contributed by atoms with Crippen molar-refractivity contribution in [3.63, 3.8) is 0 Å². The van der Waals surface area contributed by atoms with Crippen LogP contribution in [0, 0.1) is 11.3 Å². The summed E-state index contributed by atoms with van der Waals surface area (Å²) < 4.78 is 5.67. The van der Waals surface area contributed by atoms with Gasteiger partial charge in [0.15, 0.2) is 0 Å². The highest BCUT2D eigenvalue weighted by atomic mass is 35.5. The molecular weight excluding hydrogens is 326 g/mol. The number of nitrogens with one attached hydrogen (secondary N) is 1. The number of carbonyl (C=O) groups is 1. The van der Waals surface area contributed by atoms with Crippen LogP contribution in [0.5, 0.6) is 5.75 Å². The Balaban J connectivity index is 2.03. The van der Waals surface area contributed by atoms with Gasteiger partial charge < -0.3 is 15.0 Å². The van der Waals surface area contributed by atoms with Gasteiger partial charge in [0, 0.05) is 19.8 Å². The van der Waals surface area contributed by atoms with Crippen LogP contribution in [-0.2, 0) is 0 Å². The number of benzene rings is 2. The Kier molecular flexibility index (Phi) is 6.05. The van der Waals surface area contributed by atoms with E-state index in [1.54, 1.807) is 32.3 Å². The third-order valence-corrected chi connectivity index (χ3v) is 3.65. The van der Waals surface area contributed by atoms with Gasteiger partial charge in [-0.25, -0.2) is 4.79 Å². The molecule has 0 radical (unpaired) electrons. The number of rotatable bonds is 5. The number of hydrogen-bond acceptors (Lipinski definition) is 3. The predicted molar refractivity (Wildman–Crippen MR) is 94.4 cm³/mol. The SMILES string of the molecule is CN(C)C(=O)Nc1ccc(OCC(C#N)c2ccccc2)c(Cl)c1. The van der Waals surface area contributed by atoms with Gasteiger partial charge in [-0.1, -0.05) is 41.9 Å². The normalized spacial score (nSPS) is 11.2. The molecule has 0 aromatic heterocycles. The Morgan fingerprint density at radius 2 is 2.00 bits per heavy atom.